The van der Waals surface area contributed by atoms with E-state index in [1.54, 1.807) is 12.1 Å². The van der Waals surface area contributed by atoms with Crippen molar-refractivity contribution in [1.82, 2.24) is 0 Å². The van der Waals surface area contributed by atoms with Crippen molar-refractivity contribution in [3.05, 3.63) is 91.3 Å². The molecule has 130 valence electrons. The number of hydrogen-bond donors (Lipinski definition) is 0. The average molecular weight is 378 g/mol. The Labute approximate surface area is 170 Å². The normalized spacial score (nSPS) is 16.3. The lowest BCUT2D eigenvalue weighted by molar-refractivity contribution is 1.46. The third kappa shape index (κ3) is 2.25. The number of rotatable bonds is 0. The molecule has 8 heteroatoms. The lowest BCUT2D eigenvalue weighted by Gasteiger charge is -2.10. The molecule has 3 rings (SSSR count). The standard InChI is InChI=1S/C22H2N8/c1-28-18(9-26)20-13-5-14-12(4-11(13)15(6-23)16(20)7-24)17(8-25)22(30-3)21(14)19(10-27)29-2/h4-5H/b20-18+,21-19-. The van der Waals surface area contributed by atoms with E-state index in [-0.39, 0.29) is 55.8 Å². The Morgan fingerprint density at radius 3 is 1.57 bits per heavy atom. The summed E-state index contributed by atoms with van der Waals surface area (Å²) in [5.41, 5.74) is -0.365. The fraction of sp³-hybridized carbons (Fsp3) is 0. The molecule has 8 nitrogen and oxygen atoms in total. The van der Waals surface area contributed by atoms with Crippen LogP contribution in [0.2, 0.25) is 0 Å². The predicted octanol–water partition coefficient (Wildman–Crippen LogP) is 3.98. The largest absolute Gasteiger partial charge is 0.270 e. The summed E-state index contributed by atoms with van der Waals surface area (Å²) in [6.07, 6.45) is 0. The van der Waals surface area contributed by atoms with E-state index in [9.17, 15) is 26.3 Å². The van der Waals surface area contributed by atoms with Gasteiger partial charge in [0.1, 0.15) is 6.07 Å². The van der Waals surface area contributed by atoms with Gasteiger partial charge in [-0.15, -0.1) is 0 Å². The maximum absolute atomic E-state index is 9.59. The third-order valence-corrected chi connectivity index (χ3v) is 4.56. The fourth-order valence-corrected chi connectivity index (χ4v) is 3.41. The van der Waals surface area contributed by atoms with E-state index in [0.717, 1.165) is 0 Å². The van der Waals surface area contributed by atoms with E-state index in [2.05, 4.69) is 14.5 Å². The van der Waals surface area contributed by atoms with Crippen molar-refractivity contribution in [3.8, 4) is 30.3 Å². The van der Waals surface area contributed by atoms with Crippen molar-refractivity contribution >= 4 is 22.3 Å². The van der Waals surface area contributed by atoms with Crippen molar-refractivity contribution in [2.45, 2.75) is 0 Å². The van der Waals surface area contributed by atoms with Gasteiger partial charge in [0, 0.05) is 16.7 Å². The van der Waals surface area contributed by atoms with Crippen LogP contribution in [0.5, 0.6) is 0 Å². The van der Waals surface area contributed by atoms with Gasteiger partial charge in [0.05, 0.1) is 60.7 Å². The number of nitriles is 5. The Morgan fingerprint density at radius 1 is 0.633 bits per heavy atom. The van der Waals surface area contributed by atoms with Crippen molar-refractivity contribution in [3.63, 3.8) is 0 Å². The molecule has 0 spiro atoms. The van der Waals surface area contributed by atoms with Crippen LogP contribution in [-0.4, -0.2) is 0 Å². The highest BCUT2D eigenvalue weighted by atomic mass is 14.7. The van der Waals surface area contributed by atoms with E-state index in [4.69, 9.17) is 19.7 Å². The first-order valence-corrected chi connectivity index (χ1v) is 7.86. The first-order chi connectivity index (χ1) is 14.6. The highest BCUT2D eigenvalue weighted by Gasteiger charge is 2.36. The molecular formula is C22H2N8. The van der Waals surface area contributed by atoms with Gasteiger partial charge in [0.25, 0.3) is 11.4 Å². The monoisotopic (exact) mass is 378 g/mol. The van der Waals surface area contributed by atoms with Crippen LogP contribution in [0, 0.1) is 76.4 Å². The molecule has 0 N–H and O–H groups in total. The quantitative estimate of drug-likeness (QED) is 0.497. The van der Waals surface area contributed by atoms with E-state index in [1.165, 1.54) is 12.1 Å². The highest BCUT2D eigenvalue weighted by molar-refractivity contribution is 6.13. The molecule has 1 aromatic carbocycles. The number of fused-ring (bicyclic) bond motifs is 2. The lowest BCUT2D eigenvalue weighted by Crippen LogP contribution is -1.94. The second-order valence-electron chi connectivity index (χ2n) is 5.76. The van der Waals surface area contributed by atoms with Crippen LogP contribution >= 0.6 is 0 Å². The van der Waals surface area contributed by atoms with Crippen molar-refractivity contribution in [1.29, 1.82) is 26.3 Å². The van der Waals surface area contributed by atoms with Crippen LogP contribution < -0.4 is 0 Å². The van der Waals surface area contributed by atoms with Crippen LogP contribution in [0.3, 0.4) is 0 Å². The summed E-state index contributed by atoms with van der Waals surface area (Å²) >= 11 is 0. The number of nitrogens with zero attached hydrogens (tertiary/aromatic N) is 8. The van der Waals surface area contributed by atoms with Crippen molar-refractivity contribution in [2.24, 2.45) is 0 Å². The minimum Gasteiger partial charge on any atom is -0.237 e. The summed E-state index contributed by atoms with van der Waals surface area (Å²) in [6.45, 7) is 21.9. The zero-order valence-electron chi connectivity index (χ0n) is 14.7. The Bertz CT molecular complexity index is 1400. The zero-order chi connectivity index (χ0) is 22.0. The lowest BCUT2D eigenvalue weighted by atomic mass is 9.93. The maximum Gasteiger partial charge on any atom is 0.270 e. The number of allylic oxidation sites excluding steroid dienone is 7. The van der Waals surface area contributed by atoms with E-state index < -0.39 is 11.4 Å². The third-order valence-electron chi connectivity index (χ3n) is 4.56. The molecule has 2 aliphatic carbocycles. The predicted molar refractivity (Wildman–Crippen MR) is 102 cm³/mol. The van der Waals surface area contributed by atoms with Crippen LogP contribution in [0.1, 0.15) is 22.3 Å². The molecule has 0 amide bonds. The summed E-state index contributed by atoms with van der Waals surface area (Å²) in [5, 5.41) is 47.4. The fourth-order valence-electron chi connectivity index (χ4n) is 3.41. The zero-order valence-corrected chi connectivity index (χ0v) is 14.7. The van der Waals surface area contributed by atoms with Gasteiger partial charge in [-0.25, -0.2) is 25.1 Å². The minimum atomic E-state index is -0.397. The summed E-state index contributed by atoms with van der Waals surface area (Å²) in [5.74, 6) is 0. The first-order valence-electron chi connectivity index (χ1n) is 7.86. The molecule has 0 unspecified atom stereocenters. The number of benzene rings is 1. The van der Waals surface area contributed by atoms with Gasteiger partial charge in [-0.1, -0.05) is 0 Å². The van der Waals surface area contributed by atoms with E-state index >= 15 is 0 Å². The van der Waals surface area contributed by atoms with Gasteiger partial charge >= 0.3 is 0 Å². The van der Waals surface area contributed by atoms with Gasteiger partial charge in [-0.2, -0.15) is 15.8 Å². The highest BCUT2D eigenvalue weighted by Crippen LogP contribution is 2.50. The Hall–Kier alpha value is -5.90. The summed E-state index contributed by atoms with van der Waals surface area (Å²) < 4.78 is 0. The van der Waals surface area contributed by atoms with Crippen LogP contribution in [0.25, 0.3) is 36.8 Å². The van der Waals surface area contributed by atoms with Gasteiger partial charge in [0.2, 0.25) is 5.70 Å². The van der Waals surface area contributed by atoms with Gasteiger partial charge in [-0.05, 0) is 28.8 Å². The molecule has 0 saturated carbocycles. The summed E-state index contributed by atoms with van der Waals surface area (Å²) in [6, 6.07) is 11.9. The Morgan fingerprint density at radius 2 is 1.10 bits per heavy atom. The molecule has 0 heterocycles. The van der Waals surface area contributed by atoms with Gasteiger partial charge < -0.3 is 0 Å². The van der Waals surface area contributed by atoms with Crippen LogP contribution in [0.15, 0.2) is 34.8 Å². The van der Waals surface area contributed by atoms with E-state index in [1.807, 2.05) is 18.2 Å². The molecule has 1 aromatic rings. The first kappa shape index (κ1) is 18.9. The SMILES string of the molecule is [C-]#[N+]C1=C(C#N)c2cc3c(cc2/C1=C(\C#N)[N+]#[C-])/C(=C(/C#N)[N+]#[C-])C(C#N)=C3C#N. The average Bonchev–Trinajstić information content (AvgIpc) is 3.25. The minimum absolute atomic E-state index is 0.0264. The molecule has 0 aromatic heterocycles. The molecular weight excluding hydrogens is 376 g/mol. The molecule has 30 heavy (non-hydrogen) atoms. The van der Waals surface area contributed by atoms with Crippen molar-refractivity contribution in [2.75, 3.05) is 0 Å². The molecule has 0 radical (unpaired) electrons. The molecule has 2 aliphatic rings. The van der Waals surface area contributed by atoms with Gasteiger partial charge in [-0.3, -0.25) is 0 Å². The second-order valence-corrected chi connectivity index (χ2v) is 5.76. The van der Waals surface area contributed by atoms with Crippen molar-refractivity contribution < 1.29 is 0 Å². The number of hydrogen-bond acceptors (Lipinski definition) is 5. The Balaban J connectivity index is 2.59. The van der Waals surface area contributed by atoms with Crippen LogP contribution in [0.4, 0.5) is 0 Å². The van der Waals surface area contributed by atoms with E-state index in [0.29, 0.717) is 0 Å². The van der Waals surface area contributed by atoms with Crippen LogP contribution in [-0.2, 0) is 0 Å². The summed E-state index contributed by atoms with van der Waals surface area (Å²) in [4.78, 5) is 9.62. The molecule has 0 saturated heterocycles. The molecule has 0 fully saturated rings. The molecule has 0 aliphatic heterocycles. The topological polar surface area (TPSA) is 132 Å². The van der Waals surface area contributed by atoms with Gasteiger partial charge in [0.15, 0.2) is 0 Å². The maximum atomic E-state index is 9.59. The molecule has 0 bridgehead atoms. The second kappa shape index (κ2) is 7.02. The summed E-state index contributed by atoms with van der Waals surface area (Å²) in [7, 11) is 0. The Kier molecular flexibility index (Phi) is 4.42. The molecule has 0 atom stereocenters. The smallest absolute Gasteiger partial charge is 0.237 e.